The summed E-state index contributed by atoms with van der Waals surface area (Å²) in [4.78, 5) is 26.5. The topological polar surface area (TPSA) is 49.3 Å². The average Bonchev–Trinajstić information content (AvgIpc) is 2.72. The second kappa shape index (κ2) is 8.08. The van der Waals surface area contributed by atoms with E-state index in [1.807, 2.05) is 37.5 Å². The monoisotopic (exact) mass is 398 g/mol. The number of anilines is 2. The Morgan fingerprint density at radius 3 is 2.79 bits per heavy atom. The molecule has 1 unspecified atom stereocenters. The van der Waals surface area contributed by atoms with Gasteiger partial charge in [0.05, 0.1) is 0 Å². The van der Waals surface area contributed by atoms with Crippen LogP contribution in [-0.2, 0) is 17.6 Å². The van der Waals surface area contributed by atoms with Crippen molar-refractivity contribution in [2.24, 2.45) is 11.8 Å². The summed E-state index contributed by atoms with van der Waals surface area (Å²) < 4.78 is 0. The second-order valence-corrected chi connectivity index (χ2v) is 8.56. The van der Waals surface area contributed by atoms with E-state index in [-0.39, 0.29) is 11.8 Å². The Morgan fingerprint density at radius 1 is 1.25 bits per heavy atom. The van der Waals surface area contributed by atoms with Crippen molar-refractivity contribution in [3.63, 3.8) is 0 Å². The van der Waals surface area contributed by atoms with Crippen molar-refractivity contribution in [1.29, 1.82) is 0 Å². The van der Waals surface area contributed by atoms with Crippen LogP contribution in [0, 0.1) is 11.8 Å². The number of hydrogen-bond donors (Lipinski definition) is 0. The first-order valence-corrected chi connectivity index (χ1v) is 10.5. The Bertz CT molecular complexity index is 863. The van der Waals surface area contributed by atoms with Crippen molar-refractivity contribution < 1.29 is 4.79 Å². The van der Waals surface area contributed by atoms with Gasteiger partial charge in [0.1, 0.15) is 0 Å². The molecular formula is C22H27ClN4O. The average molecular weight is 399 g/mol. The van der Waals surface area contributed by atoms with Crippen LogP contribution >= 0.6 is 11.6 Å². The highest BCUT2D eigenvalue weighted by atomic mass is 35.5. The van der Waals surface area contributed by atoms with E-state index in [1.165, 1.54) is 12.8 Å². The van der Waals surface area contributed by atoms with Crippen molar-refractivity contribution in [2.45, 2.75) is 39.0 Å². The molecule has 0 saturated carbocycles. The van der Waals surface area contributed by atoms with Crippen LogP contribution in [0.2, 0.25) is 5.02 Å². The molecule has 28 heavy (non-hydrogen) atoms. The molecule has 1 amide bonds. The van der Waals surface area contributed by atoms with Crippen LogP contribution in [0.15, 0.2) is 30.5 Å². The Morgan fingerprint density at radius 2 is 2.04 bits per heavy atom. The van der Waals surface area contributed by atoms with E-state index in [4.69, 9.17) is 16.6 Å². The molecule has 0 N–H and O–H groups in total. The number of piperidine rings is 1. The third kappa shape index (κ3) is 4.00. The highest BCUT2D eigenvalue weighted by molar-refractivity contribution is 6.30. The smallest absolute Gasteiger partial charge is 0.230 e. The van der Waals surface area contributed by atoms with Crippen LogP contribution < -0.4 is 9.80 Å². The third-order valence-electron chi connectivity index (χ3n) is 6.08. The van der Waals surface area contributed by atoms with E-state index in [0.29, 0.717) is 11.4 Å². The van der Waals surface area contributed by atoms with Crippen LogP contribution in [0.25, 0.3) is 0 Å². The van der Waals surface area contributed by atoms with Crippen LogP contribution in [-0.4, -0.2) is 36.0 Å². The van der Waals surface area contributed by atoms with Crippen molar-refractivity contribution in [2.75, 3.05) is 29.9 Å². The lowest BCUT2D eigenvalue weighted by Gasteiger charge is -2.32. The first-order valence-electron chi connectivity index (χ1n) is 10.1. The SMILES string of the molecule is CC1CCN(c2ncc3c(n2)CCC(C(=O)N(C)c2cccc(Cl)c2)C3)CC1. The maximum Gasteiger partial charge on any atom is 0.230 e. The largest absolute Gasteiger partial charge is 0.341 e. The van der Waals surface area contributed by atoms with E-state index in [1.54, 1.807) is 4.90 Å². The Balaban J connectivity index is 1.45. The van der Waals surface area contributed by atoms with Gasteiger partial charge in [0.25, 0.3) is 0 Å². The Kier molecular flexibility index (Phi) is 5.54. The van der Waals surface area contributed by atoms with Gasteiger partial charge in [0.2, 0.25) is 11.9 Å². The number of aromatic nitrogens is 2. The van der Waals surface area contributed by atoms with E-state index in [2.05, 4.69) is 16.8 Å². The van der Waals surface area contributed by atoms with Gasteiger partial charge in [-0.05, 0) is 61.8 Å². The first kappa shape index (κ1) is 19.2. The van der Waals surface area contributed by atoms with Gasteiger partial charge in [-0.15, -0.1) is 0 Å². The number of hydrogen-bond acceptors (Lipinski definition) is 4. The van der Waals surface area contributed by atoms with Crippen molar-refractivity contribution >= 4 is 29.1 Å². The number of carbonyl (C=O) groups excluding carboxylic acids is 1. The molecular weight excluding hydrogens is 372 g/mol. The molecule has 0 bridgehead atoms. The fourth-order valence-corrected chi connectivity index (χ4v) is 4.34. The molecule has 148 valence electrons. The van der Waals surface area contributed by atoms with Crippen LogP contribution in [0.4, 0.5) is 11.6 Å². The van der Waals surface area contributed by atoms with Gasteiger partial charge in [-0.25, -0.2) is 9.97 Å². The van der Waals surface area contributed by atoms with Crippen LogP contribution in [0.1, 0.15) is 37.4 Å². The third-order valence-corrected chi connectivity index (χ3v) is 6.31. The number of nitrogens with zero attached hydrogens (tertiary/aromatic N) is 4. The van der Waals surface area contributed by atoms with Crippen molar-refractivity contribution in [1.82, 2.24) is 9.97 Å². The van der Waals surface area contributed by atoms with Gasteiger partial charge in [-0.3, -0.25) is 4.79 Å². The Hall–Kier alpha value is -2.14. The van der Waals surface area contributed by atoms with Gasteiger partial charge in [0.15, 0.2) is 0 Å². The molecule has 2 aromatic rings. The molecule has 5 nitrogen and oxygen atoms in total. The summed E-state index contributed by atoms with van der Waals surface area (Å²) >= 11 is 6.07. The predicted octanol–water partition coefficient (Wildman–Crippen LogP) is 4.13. The normalized spacial score (nSPS) is 20.0. The summed E-state index contributed by atoms with van der Waals surface area (Å²) in [6, 6.07) is 7.42. The summed E-state index contributed by atoms with van der Waals surface area (Å²) in [5.41, 5.74) is 3.05. The number of benzene rings is 1. The summed E-state index contributed by atoms with van der Waals surface area (Å²) in [5.74, 6) is 1.73. The van der Waals surface area contributed by atoms with E-state index in [9.17, 15) is 4.79 Å². The number of halogens is 1. The highest BCUT2D eigenvalue weighted by Gasteiger charge is 2.29. The second-order valence-electron chi connectivity index (χ2n) is 8.13. The van der Waals surface area contributed by atoms with Gasteiger partial charge < -0.3 is 9.80 Å². The zero-order valence-corrected chi connectivity index (χ0v) is 17.3. The van der Waals surface area contributed by atoms with E-state index >= 15 is 0 Å². The molecule has 2 aliphatic rings. The minimum absolute atomic E-state index is 0.0400. The maximum atomic E-state index is 13.0. The molecule has 1 aromatic carbocycles. The number of fused-ring (bicyclic) bond motifs is 1. The first-order chi connectivity index (χ1) is 13.5. The lowest BCUT2D eigenvalue weighted by molar-refractivity contribution is -0.122. The quantitative estimate of drug-likeness (QED) is 0.779. The van der Waals surface area contributed by atoms with Crippen molar-refractivity contribution in [3.05, 3.63) is 46.7 Å². The van der Waals surface area contributed by atoms with Gasteiger partial charge in [-0.1, -0.05) is 24.6 Å². The zero-order valence-electron chi connectivity index (χ0n) is 16.6. The van der Waals surface area contributed by atoms with Gasteiger partial charge >= 0.3 is 0 Å². The lowest BCUT2D eigenvalue weighted by Crippen LogP contribution is -2.37. The summed E-state index contributed by atoms with van der Waals surface area (Å²) in [6.45, 7) is 4.37. The Labute approximate surface area is 171 Å². The van der Waals surface area contributed by atoms with Crippen LogP contribution in [0.5, 0.6) is 0 Å². The number of rotatable bonds is 3. The van der Waals surface area contributed by atoms with Gasteiger partial charge in [-0.2, -0.15) is 0 Å². The number of carbonyl (C=O) groups is 1. The molecule has 4 rings (SSSR count). The molecule has 1 aromatic heterocycles. The molecule has 1 atom stereocenters. The molecule has 2 heterocycles. The minimum atomic E-state index is -0.0400. The molecule has 6 heteroatoms. The summed E-state index contributed by atoms with van der Waals surface area (Å²) in [7, 11) is 1.82. The predicted molar refractivity (Wildman–Crippen MR) is 113 cm³/mol. The molecule has 0 spiro atoms. The summed E-state index contributed by atoms with van der Waals surface area (Å²) in [5, 5.41) is 0.638. The molecule has 1 saturated heterocycles. The van der Waals surface area contributed by atoms with E-state index < -0.39 is 0 Å². The molecule has 1 fully saturated rings. The molecule has 0 radical (unpaired) electrons. The van der Waals surface area contributed by atoms with E-state index in [0.717, 1.165) is 54.7 Å². The van der Waals surface area contributed by atoms with Crippen molar-refractivity contribution in [3.8, 4) is 0 Å². The lowest BCUT2D eigenvalue weighted by atomic mass is 9.86. The highest BCUT2D eigenvalue weighted by Crippen LogP contribution is 2.29. The standard InChI is InChI=1S/C22H27ClN4O/c1-15-8-10-27(11-9-15)22-24-14-17-12-16(6-7-20(17)25-22)21(28)26(2)19-5-3-4-18(23)13-19/h3-5,13-16H,6-12H2,1-2H3. The maximum absolute atomic E-state index is 13.0. The van der Waals surface area contributed by atoms with Gasteiger partial charge in [0, 0.05) is 48.7 Å². The zero-order chi connectivity index (χ0) is 19.7. The summed E-state index contributed by atoms with van der Waals surface area (Å²) in [6.07, 6.45) is 6.70. The molecule has 1 aliphatic carbocycles. The van der Waals surface area contributed by atoms with Crippen LogP contribution in [0.3, 0.4) is 0 Å². The number of aryl methyl sites for hydroxylation is 1. The molecule has 1 aliphatic heterocycles. The minimum Gasteiger partial charge on any atom is -0.341 e. The fraction of sp³-hybridized carbons (Fsp3) is 0.500. The number of amides is 1. The fourth-order valence-electron chi connectivity index (χ4n) is 4.15.